The van der Waals surface area contributed by atoms with Crippen molar-refractivity contribution in [2.24, 2.45) is 0 Å². The van der Waals surface area contributed by atoms with Gasteiger partial charge in [-0.15, -0.1) is 22.0 Å². The first-order chi connectivity index (χ1) is 29.6. The van der Waals surface area contributed by atoms with E-state index in [4.69, 9.17) is 28.5 Å². The monoisotopic (exact) mass is 1030 g/mol. The lowest BCUT2D eigenvalue weighted by molar-refractivity contribution is 0.0526. The van der Waals surface area contributed by atoms with Crippen LogP contribution in [0.1, 0.15) is 58.2 Å². The number of nitrogens with zero attached hydrogens (tertiary/aromatic N) is 5. The number of methoxy groups -OCH3 is 3. The number of ether oxygens (including phenoxy) is 4. The minimum absolute atomic E-state index is 0.0139. The van der Waals surface area contributed by atoms with Gasteiger partial charge < -0.3 is 28.7 Å². The maximum absolute atomic E-state index is 15.8. The van der Waals surface area contributed by atoms with Crippen LogP contribution in [0.4, 0.5) is 4.79 Å². The molecule has 1 N–H and O–H groups in total. The van der Waals surface area contributed by atoms with Gasteiger partial charge in [0, 0.05) is 40.0 Å². The Morgan fingerprint density at radius 1 is 0.810 bits per heavy atom. The summed E-state index contributed by atoms with van der Waals surface area (Å²) >= 11 is 3.45. The van der Waals surface area contributed by atoms with Crippen molar-refractivity contribution in [2.45, 2.75) is 100.0 Å². The molecular formula is C45H59IN6O8S2Si. The van der Waals surface area contributed by atoms with Gasteiger partial charge in [-0.1, -0.05) is 57.2 Å². The molecule has 0 radical (unpaired) electrons. The summed E-state index contributed by atoms with van der Waals surface area (Å²) in [5, 5.41) is 16.0. The number of sulfonamides is 1. The molecule has 0 aliphatic carbocycles. The van der Waals surface area contributed by atoms with Gasteiger partial charge in [-0.3, -0.25) is 0 Å². The van der Waals surface area contributed by atoms with Crippen molar-refractivity contribution >= 4 is 58.8 Å². The van der Waals surface area contributed by atoms with Crippen LogP contribution in [0, 0.1) is 3.57 Å². The summed E-state index contributed by atoms with van der Waals surface area (Å²) in [4.78, 5) is 14.9. The SMILES string of the molecule is COc1ccc(CN(Cc2ccc(OC)cc2)S(=O)(=O)c2c(S[C@@H](CNC(=O)OC(C)(C)C)CO[Si](C)(C)C(C)(C)C)ccc(I)c2-c2nnn(Cc3ccc(OC)cc3)n2)cc1. The molecule has 0 saturated heterocycles. The highest BCUT2D eigenvalue weighted by molar-refractivity contribution is 14.1. The van der Waals surface area contributed by atoms with Crippen LogP contribution in [0.3, 0.4) is 0 Å². The molecule has 1 heterocycles. The summed E-state index contributed by atoms with van der Waals surface area (Å²) in [6, 6.07) is 25.8. The van der Waals surface area contributed by atoms with Crippen LogP contribution in [0.25, 0.3) is 11.4 Å². The first kappa shape index (κ1) is 49.8. The van der Waals surface area contributed by atoms with E-state index in [9.17, 15) is 4.79 Å². The molecule has 4 aromatic carbocycles. The molecule has 0 fully saturated rings. The average molecular weight is 1030 g/mol. The Kier molecular flexibility index (Phi) is 16.7. The fourth-order valence-electron chi connectivity index (χ4n) is 5.97. The van der Waals surface area contributed by atoms with Gasteiger partial charge in [0.15, 0.2) is 8.32 Å². The molecule has 0 aliphatic rings. The minimum atomic E-state index is -4.42. The molecule has 5 aromatic rings. The zero-order chi connectivity index (χ0) is 46.2. The molecule has 340 valence electrons. The van der Waals surface area contributed by atoms with Crippen molar-refractivity contribution in [2.75, 3.05) is 34.5 Å². The third-order valence-electron chi connectivity index (χ3n) is 10.5. The lowest BCUT2D eigenvalue weighted by Gasteiger charge is -2.37. The molecule has 0 bridgehead atoms. The molecule has 0 saturated carbocycles. The first-order valence-electron chi connectivity index (χ1n) is 20.4. The highest BCUT2D eigenvalue weighted by Gasteiger charge is 2.39. The summed E-state index contributed by atoms with van der Waals surface area (Å²) in [7, 11) is -1.93. The van der Waals surface area contributed by atoms with Crippen LogP contribution in [0.2, 0.25) is 18.1 Å². The van der Waals surface area contributed by atoms with Gasteiger partial charge in [0.05, 0.1) is 33.4 Å². The van der Waals surface area contributed by atoms with E-state index in [0.717, 1.165) is 16.7 Å². The summed E-state index contributed by atoms with van der Waals surface area (Å²) in [5.74, 6) is 2.16. The Labute approximate surface area is 391 Å². The van der Waals surface area contributed by atoms with E-state index in [0.29, 0.717) is 31.3 Å². The number of carbonyl (C=O) groups is 1. The van der Waals surface area contributed by atoms with Crippen LogP contribution in [-0.2, 0) is 38.8 Å². The predicted octanol–water partition coefficient (Wildman–Crippen LogP) is 9.42. The van der Waals surface area contributed by atoms with Gasteiger partial charge in [0.2, 0.25) is 15.8 Å². The molecule has 1 atom stereocenters. The molecule has 1 amide bonds. The summed E-state index contributed by atoms with van der Waals surface area (Å²) < 4.78 is 62.2. The molecule has 0 aliphatic heterocycles. The molecular weight excluding hydrogens is 972 g/mol. The van der Waals surface area contributed by atoms with Gasteiger partial charge in [-0.05, 0) is 132 Å². The number of thioether (sulfide) groups is 1. The number of amides is 1. The van der Waals surface area contributed by atoms with Crippen molar-refractivity contribution in [3.8, 4) is 28.6 Å². The van der Waals surface area contributed by atoms with Crippen LogP contribution in [0.15, 0.2) is 94.7 Å². The van der Waals surface area contributed by atoms with Crippen LogP contribution in [-0.4, -0.2) is 92.7 Å². The first-order valence-corrected chi connectivity index (χ1v) is 26.7. The van der Waals surface area contributed by atoms with E-state index >= 15 is 8.42 Å². The molecule has 14 nitrogen and oxygen atoms in total. The van der Waals surface area contributed by atoms with Gasteiger partial charge in [0.1, 0.15) is 27.7 Å². The Balaban J connectivity index is 1.67. The van der Waals surface area contributed by atoms with Crippen LogP contribution >= 0.6 is 34.4 Å². The van der Waals surface area contributed by atoms with Crippen molar-refractivity contribution in [1.82, 2.24) is 29.8 Å². The molecule has 18 heteroatoms. The number of alkyl carbamates (subject to hydrolysis) is 1. The fourth-order valence-corrected chi connectivity index (χ4v) is 11.2. The number of benzene rings is 4. The highest BCUT2D eigenvalue weighted by Crippen LogP contribution is 2.42. The Morgan fingerprint density at radius 2 is 1.32 bits per heavy atom. The summed E-state index contributed by atoms with van der Waals surface area (Å²) in [5.41, 5.74) is 1.99. The number of halogens is 1. The van der Waals surface area contributed by atoms with Gasteiger partial charge in [0.25, 0.3) is 0 Å². The lowest BCUT2D eigenvalue weighted by Crippen LogP contribution is -2.44. The van der Waals surface area contributed by atoms with E-state index in [1.165, 1.54) is 20.9 Å². The third-order valence-corrected chi connectivity index (χ3v) is 19.1. The van der Waals surface area contributed by atoms with E-state index in [2.05, 4.69) is 72.1 Å². The molecule has 5 rings (SSSR count). The van der Waals surface area contributed by atoms with Crippen molar-refractivity contribution in [1.29, 1.82) is 0 Å². The normalized spacial score (nSPS) is 12.8. The molecule has 0 unspecified atom stereocenters. The van der Waals surface area contributed by atoms with E-state index in [1.54, 1.807) is 72.4 Å². The molecule has 0 spiro atoms. The van der Waals surface area contributed by atoms with Crippen molar-refractivity contribution in [3.63, 3.8) is 0 Å². The van der Waals surface area contributed by atoms with Crippen LogP contribution < -0.4 is 19.5 Å². The molecule has 63 heavy (non-hydrogen) atoms. The zero-order valence-corrected chi connectivity index (χ0v) is 42.7. The van der Waals surface area contributed by atoms with E-state index in [-0.39, 0.29) is 48.5 Å². The second-order valence-corrected chi connectivity index (χ2v) is 26.6. The van der Waals surface area contributed by atoms with Crippen molar-refractivity contribution in [3.05, 3.63) is 105 Å². The topological polar surface area (TPSA) is 156 Å². The standard InChI is InChI=1S/C45H59IN6O8S2Si/c1-44(2,3)60-43(53)47-26-37(30-59-63(10,11)45(4,5)6)61-39-25-24-38(46)40(42-48-50-52(49-42)29-33-16-22-36(58-9)23-17-33)41(39)62(54,55)51(27-31-12-18-34(56-7)19-13-31)28-32-14-20-35(57-8)21-15-32/h12-25,37H,26-30H2,1-11H3,(H,47,53)/t37-/m0/s1. The predicted molar refractivity (Wildman–Crippen MR) is 258 cm³/mol. The maximum Gasteiger partial charge on any atom is 0.407 e. The fraction of sp³-hybridized carbons (Fsp3) is 0.422. The Hall–Kier alpha value is -4.21. The lowest BCUT2D eigenvalue weighted by atomic mass is 10.2. The van der Waals surface area contributed by atoms with E-state index in [1.807, 2.05) is 54.6 Å². The third kappa shape index (κ3) is 13.6. The van der Waals surface area contributed by atoms with Crippen molar-refractivity contribution < 1.29 is 36.6 Å². The number of hydrogen-bond donors (Lipinski definition) is 1. The van der Waals surface area contributed by atoms with Gasteiger partial charge in [-0.2, -0.15) is 9.10 Å². The Morgan fingerprint density at radius 3 is 1.79 bits per heavy atom. The number of tetrazole rings is 1. The number of nitrogens with one attached hydrogen (secondary N) is 1. The number of rotatable bonds is 19. The Bertz CT molecular complexity index is 2360. The maximum atomic E-state index is 15.8. The zero-order valence-electron chi connectivity index (χ0n) is 37.9. The number of hydrogen-bond acceptors (Lipinski definition) is 12. The minimum Gasteiger partial charge on any atom is -0.497 e. The summed E-state index contributed by atoms with van der Waals surface area (Å²) in [6.45, 7) is 16.9. The summed E-state index contributed by atoms with van der Waals surface area (Å²) in [6.07, 6.45) is -0.584. The van der Waals surface area contributed by atoms with E-state index < -0.39 is 35.3 Å². The van der Waals surface area contributed by atoms with Gasteiger partial charge in [-0.25, -0.2) is 13.2 Å². The highest BCUT2D eigenvalue weighted by atomic mass is 127. The smallest absolute Gasteiger partial charge is 0.407 e. The largest absolute Gasteiger partial charge is 0.497 e. The van der Waals surface area contributed by atoms with Gasteiger partial charge >= 0.3 is 6.09 Å². The second-order valence-electron chi connectivity index (χ2n) is 17.4. The molecule has 1 aromatic heterocycles. The number of aromatic nitrogens is 4. The van der Waals surface area contributed by atoms with Crippen LogP contribution in [0.5, 0.6) is 17.2 Å². The second kappa shape index (κ2) is 21.2. The number of carbonyl (C=O) groups excluding carboxylic acids is 1. The quantitative estimate of drug-likeness (QED) is 0.0476. The average Bonchev–Trinajstić information content (AvgIpc) is 3.69.